The van der Waals surface area contributed by atoms with Gasteiger partial charge in [-0.1, -0.05) is 18.5 Å². The first-order valence-corrected chi connectivity index (χ1v) is 7.81. The van der Waals surface area contributed by atoms with E-state index in [2.05, 4.69) is 10.3 Å². The molecule has 2 aromatic rings. The largest absolute Gasteiger partial charge is 0.343 e. The van der Waals surface area contributed by atoms with E-state index in [1.807, 2.05) is 20.8 Å². The van der Waals surface area contributed by atoms with Gasteiger partial charge in [-0.2, -0.15) is 0 Å². The maximum Gasteiger partial charge on any atom is 0.253 e. The lowest BCUT2D eigenvalue weighted by Crippen LogP contribution is -2.28. The van der Waals surface area contributed by atoms with Gasteiger partial charge < -0.3 is 5.32 Å². The monoisotopic (exact) mass is 326 g/mol. The van der Waals surface area contributed by atoms with Gasteiger partial charge in [0.25, 0.3) is 5.91 Å². The normalized spacial score (nSPS) is 12.2. The quantitative estimate of drug-likeness (QED) is 0.902. The number of halogens is 2. The third-order valence-electron chi connectivity index (χ3n) is 3.23. The van der Waals surface area contributed by atoms with E-state index in [1.54, 1.807) is 11.3 Å². The molecule has 3 nitrogen and oxygen atoms in total. The molecule has 6 heteroatoms. The van der Waals surface area contributed by atoms with Gasteiger partial charge in [-0.05, 0) is 38.5 Å². The van der Waals surface area contributed by atoms with Crippen LogP contribution in [0.3, 0.4) is 0 Å². The molecular weight excluding hydrogens is 311 g/mol. The molecule has 0 saturated carbocycles. The zero-order valence-corrected chi connectivity index (χ0v) is 13.6. The summed E-state index contributed by atoms with van der Waals surface area (Å²) >= 11 is 7.48. The molecule has 0 aliphatic carbocycles. The van der Waals surface area contributed by atoms with Crippen LogP contribution in [-0.4, -0.2) is 10.9 Å². The fraction of sp³-hybridized carbons (Fsp3) is 0.333. The zero-order chi connectivity index (χ0) is 15.6. The summed E-state index contributed by atoms with van der Waals surface area (Å²) < 4.78 is 13.0. The molecule has 2 rings (SSSR count). The van der Waals surface area contributed by atoms with Crippen molar-refractivity contribution in [2.24, 2.45) is 0 Å². The lowest BCUT2D eigenvalue weighted by molar-refractivity contribution is 0.0935. The summed E-state index contributed by atoms with van der Waals surface area (Å²) in [6.45, 7) is 5.92. The molecule has 21 heavy (non-hydrogen) atoms. The fourth-order valence-electron chi connectivity index (χ4n) is 1.89. The van der Waals surface area contributed by atoms with E-state index in [0.29, 0.717) is 0 Å². The summed E-state index contributed by atoms with van der Waals surface area (Å²) in [6.07, 6.45) is 0.719. The van der Waals surface area contributed by atoms with E-state index in [1.165, 1.54) is 12.1 Å². The third-order valence-corrected chi connectivity index (χ3v) is 4.73. The van der Waals surface area contributed by atoms with Gasteiger partial charge in [0.1, 0.15) is 10.8 Å². The first kappa shape index (κ1) is 15.9. The first-order valence-electron chi connectivity index (χ1n) is 6.62. The number of benzene rings is 1. The van der Waals surface area contributed by atoms with E-state index < -0.39 is 5.82 Å². The van der Waals surface area contributed by atoms with Crippen LogP contribution in [0.15, 0.2) is 18.2 Å². The maximum absolute atomic E-state index is 13.0. The summed E-state index contributed by atoms with van der Waals surface area (Å²) in [5.41, 5.74) is 1.24. The van der Waals surface area contributed by atoms with Crippen LogP contribution in [-0.2, 0) is 0 Å². The van der Waals surface area contributed by atoms with Crippen molar-refractivity contribution < 1.29 is 9.18 Å². The van der Waals surface area contributed by atoms with Gasteiger partial charge in [0.05, 0.1) is 22.3 Å². The Balaban J connectivity index is 2.20. The number of nitrogens with zero attached hydrogens (tertiary/aromatic N) is 1. The second-order valence-electron chi connectivity index (χ2n) is 4.75. The van der Waals surface area contributed by atoms with Crippen molar-refractivity contribution in [1.29, 1.82) is 0 Å². The van der Waals surface area contributed by atoms with Gasteiger partial charge in [0, 0.05) is 4.88 Å². The van der Waals surface area contributed by atoms with Crippen LogP contribution in [0.4, 0.5) is 4.39 Å². The Morgan fingerprint density at radius 1 is 1.48 bits per heavy atom. The third kappa shape index (κ3) is 3.60. The van der Waals surface area contributed by atoms with Crippen LogP contribution in [0, 0.1) is 19.7 Å². The lowest BCUT2D eigenvalue weighted by Gasteiger charge is -2.15. The number of aromatic nitrogens is 1. The van der Waals surface area contributed by atoms with E-state index in [-0.39, 0.29) is 22.5 Å². The highest BCUT2D eigenvalue weighted by Gasteiger charge is 2.19. The smallest absolute Gasteiger partial charge is 0.253 e. The molecule has 1 N–H and O–H groups in total. The van der Waals surface area contributed by atoms with Crippen molar-refractivity contribution in [3.05, 3.63) is 50.2 Å². The minimum absolute atomic E-state index is 0.105. The van der Waals surface area contributed by atoms with Gasteiger partial charge in [0.15, 0.2) is 0 Å². The number of nitrogens with one attached hydrogen (secondary N) is 1. The van der Waals surface area contributed by atoms with Gasteiger partial charge in [-0.15, -0.1) is 11.3 Å². The molecule has 0 saturated heterocycles. The van der Waals surface area contributed by atoms with E-state index in [4.69, 9.17) is 11.6 Å². The summed E-state index contributed by atoms with van der Waals surface area (Å²) in [6, 6.07) is 3.57. The molecule has 1 atom stereocenters. The molecule has 112 valence electrons. The number of rotatable bonds is 4. The number of hydrogen-bond donors (Lipinski definition) is 1. The predicted molar refractivity (Wildman–Crippen MR) is 83.5 cm³/mol. The Morgan fingerprint density at radius 3 is 2.71 bits per heavy atom. The average molecular weight is 327 g/mol. The van der Waals surface area contributed by atoms with Crippen molar-refractivity contribution in [2.75, 3.05) is 0 Å². The van der Waals surface area contributed by atoms with Crippen LogP contribution in [0.1, 0.15) is 45.3 Å². The van der Waals surface area contributed by atoms with Crippen LogP contribution < -0.4 is 5.32 Å². The van der Waals surface area contributed by atoms with Crippen LogP contribution in [0.5, 0.6) is 0 Å². The average Bonchev–Trinajstić information content (AvgIpc) is 2.75. The maximum atomic E-state index is 13.0. The number of carbonyl (C=O) groups is 1. The van der Waals surface area contributed by atoms with Crippen LogP contribution >= 0.6 is 22.9 Å². The molecule has 0 fully saturated rings. The summed E-state index contributed by atoms with van der Waals surface area (Å²) in [5.74, 6) is -0.785. The van der Waals surface area contributed by atoms with Crippen LogP contribution in [0.25, 0.3) is 0 Å². The molecule has 1 heterocycles. The first-order chi connectivity index (χ1) is 9.92. The molecule has 0 radical (unpaired) electrons. The van der Waals surface area contributed by atoms with Crippen LogP contribution in [0.2, 0.25) is 5.02 Å². The molecule has 0 aliphatic heterocycles. The molecule has 1 aromatic carbocycles. The molecule has 0 unspecified atom stereocenters. The number of amides is 1. The second-order valence-corrected chi connectivity index (χ2v) is 6.39. The Labute approximate surface area is 132 Å². The Bertz CT molecular complexity index is 652. The predicted octanol–water partition coefficient (Wildman–Crippen LogP) is 4.43. The summed E-state index contributed by atoms with van der Waals surface area (Å²) in [5, 5.41) is 3.88. The molecule has 0 bridgehead atoms. The van der Waals surface area contributed by atoms with Crippen molar-refractivity contribution in [3.8, 4) is 0 Å². The van der Waals surface area contributed by atoms with Crippen molar-refractivity contribution in [2.45, 2.75) is 33.2 Å². The number of carbonyl (C=O) groups excluding carboxylic acids is 1. The highest BCUT2D eigenvalue weighted by molar-refractivity contribution is 7.11. The minimum Gasteiger partial charge on any atom is -0.343 e. The topological polar surface area (TPSA) is 42.0 Å². The highest BCUT2D eigenvalue weighted by Crippen LogP contribution is 2.26. The van der Waals surface area contributed by atoms with Crippen molar-refractivity contribution in [1.82, 2.24) is 10.3 Å². The van der Waals surface area contributed by atoms with Crippen molar-refractivity contribution in [3.63, 3.8) is 0 Å². The van der Waals surface area contributed by atoms with E-state index in [0.717, 1.165) is 28.1 Å². The molecule has 0 aliphatic rings. The zero-order valence-electron chi connectivity index (χ0n) is 12.0. The number of thiazole rings is 1. The fourth-order valence-corrected chi connectivity index (χ4v) is 3.21. The Kier molecular flexibility index (Phi) is 4.96. The molecular formula is C15H16ClFN2OS. The molecule has 0 spiro atoms. The highest BCUT2D eigenvalue weighted by atomic mass is 35.5. The van der Waals surface area contributed by atoms with Gasteiger partial charge in [0.2, 0.25) is 0 Å². The Hall–Kier alpha value is -1.46. The van der Waals surface area contributed by atoms with Crippen molar-refractivity contribution >= 4 is 28.8 Å². The van der Waals surface area contributed by atoms with E-state index >= 15 is 0 Å². The molecule has 1 amide bonds. The van der Waals surface area contributed by atoms with Gasteiger partial charge >= 0.3 is 0 Å². The Morgan fingerprint density at radius 2 is 2.19 bits per heavy atom. The molecule has 1 aromatic heterocycles. The minimum atomic E-state index is -0.463. The van der Waals surface area contributed by atoms with E-state index in [9.17, 15) is 9.18 Å². The summed E-state index contributed by atoms with van der Waals surface area (Å²) in [7, 11) is 0. The number of aryl methyl sites for hydroxylation is 2. The lowest BCUT2D eigenvalue weighted by atomic mass is 10.1. The SMILES string of the molecule is CC[C@H](NC(=O)c1ccc(F)cc1Cl)c1nc(C)c(C)s1. The second kappa shape index (κ2) is 6.54. The standard InChI is InChI=1S/C15H16ClFN2OS/c1-4-13(15-18-8(2)9(3)21-15)19-14(20)11-6-5-10(17)7-12(11)16/h5-7,13H,4H2,1-3H3,(H,19,20)/t13-/m0/s1. The van der Waals surface area contributed by atoms with Gasteiger partial charge in [-0.25, -0.2) is 9.37 Å². The summed E-state index contributed by atoms with van der Waals surface area (Å²) in [4.78, 5) is 17.9. The number of hydrogen-bond acceptors (Lipinski definition) is 3. The van der Waals surface area contributed by atoms with Gasteiger partial charge in [-0.3, -0.25) is 4.79 Å².